The normalized spacial score (nSPS) is 27.4. The molecule has 1 aromatic rings. The van der Waals surface area contributed by atoms with E-state index in [1.807, 2.05) is 30.9 Å². The van der Waals surface area contributed by atoms with Crippen LogP contribution in [0.1, 0.15) is 45.2 Å². The van der Waals surface area contributed by atoms with E-state index in [9.17, 15) is 0 Å². The van der Waals surface area contributed by atoms with Crippen LogP contribution in [0.4, 0.5) is 0 Å². The van der Waals surface area contributed by atoms with Crippen molar-refractivity contribution >= 4 is 11.8 Å². The maximum absolute atomic E-state index is 4.53. The van der Waals surface area contributed by atoms with E-state index >= 15 is 0 Å². The van der Waals surface area contributed by atoms with Crippen molar-refractivity contribution in [2.45, 2.75) is 62.9 Å². The minimum absolute atomic E-state index is 0.608. The van der Waals surface area contributed by atoms with Gasteiger partial charge in [0, 0.05) is 23.2 Å². The van der Waals surface area contributed by atoms with E-state index in [1.54, 1.807) is 0 Å². The lowest BCUT2D eigenvalue weighted by Crippen LogP contribution is -2.42. The Balaban J connectivity index is 2.00. The number of rotatable bonds is 5. The summed E-state index contributed by atoms with van der Waals surface area (Å²) in [5.41, 5.74) is 1.06. The zero-order valence-electron chi connectivity index (χ0n) is 12.2. The van der Waals surface area contributed by atoms with Crippen LogP contribution >= 0.6 is 11.8 Å². The number of nitrogens with zero attached hydrogens (tertiary/aromatic N) is 2. The van der Waals surface area contributed by atoms with Crippen LogP contribution in [-0.4, -0.2) is 27.8 Å². The van der Waals surface area contributed by atoms with Gasteiger partial charge in [-0.25, -0.2) is 9.97 Å². The Morgan fingerprint density at radius 3 is 3.00 bits per heavy atom. The molecule has 1 fully saturated rings. The van der Waals surface area contributed by atoms with Gasteiger partial charge < -0.3 is 5.32 Å². The lowest BCUT2D eigenvalue weighted by atomic mass is 9.87. The molecule has 4 heteroatoms. The van der Waals surface area contributed by atoms with Crippen molar-refractivity contribution in [3.63, 3.8) is 0 Å². The quantitative estimate of drug-likeness (QED) is 0.838. The molecule has 0 radical (unpaired) electrons. The summed E-state index contributed by atoms with van der Waals surface area (Å²) in [6.45, 7) is 7.73. The number of hydrogen-bond donors (Lipinski definition) is 1. The molecule has 3 nitrogen and oxygen atoms in total. The summed E-state index contributed by atoms with van der Waals surface area (Å²) in [6, 6.07) is 2.57. The highest BCUT2D eigenvalue weighted by Gasteiger charge is 2.29. The summed E-state index contributed by atoms with van der Waals surface area (Å²) in [6.07, 6.45) is 6.96. The van der Waals surface area contributed by atoms with E-state index < -0.39 is 0 Å². The largest absolute Gasteiger partial charge is 0.313 e. The number of thioether (sulfide) groups is 1. The van der Waals surface area contributed by atoms with Crippen molar-refractivity contribution in [1.82, 2.24) is 15.3 Å². The smallest absolute Gasteiger partial charge is 0.188 e. The maximum Gasteiger partial charge on any atom is 0.188 e. The summed E-state index contributed by atoms with van der Waals surface area (Å²) in [7, 11) is 0. The van der Waals surface area contributed by atoms with Crippen LogP contribution in [-0.2, 0) is 0 Å². The molecule has 106 valence electrons. The van der Waals surface area contributed by atoms with Crippen molar-refractivity contribution in [3.05, 3.63) is 18.0 Å². The van der Waals surface area contributed by atoms with Gasteiger partial charge in [0.15, 0.2) is 5.16 Å². The highest BCUT2D eigenvalue weighted by atomic mass is 32.2. The highest BCUT2D eigenvalue weighted by molar-refractivity contribution is 7.99. The molecule has 1 N–H and O–H groups in total. The number of aromatic nitrogens is 2. The summed E-state index contributed by atoms with van der Waals surface area (Å²) in [5, 5.41) is 5.24. The molecule has 0 aliphatic heterocycles. The Kier molecular flexibility index (Phi) is 5.64. The van der Waals surface area contributed by atoms with Gasteiger partial charge in [-0.3, -0.25) is 0 Å². The van der Waals surface area contributed by atoms with Crippen molar-refractivity contribution in [1.29, 1.82) is 0 Å². The standard InChI is InChI=1S/C15H25N3S/c1-4-8-16-13-6-5-11(2)10-14(13)19-15-17-9-7-12(3)18-15/h7,9,11,13-14,16H,4-6,8,10H2,1-3H3. The van der Waals surface area contributed by atoms with Gasteiger partial charge in [-0.1, -0.05) is 25.6 Å². The van der Waals surface area contributed by atoms with Crippen molar-refractivity contribution < 1.29 is 0 Å². The van der Waals surface area contributed by atoms with Gasteiger partial charge in [0.25, 0.3) is 0 Å². The maximum atomic E-state index is 4.53. The summed E-state index contributed by atoms with van der Waals surface area (Å²) in [5.74, 6) is 0.821. The minimum Gasteiger partial charge on any atom is -0.313 e. The topological polar surface area (TPSA) is 37.8 Å². The second kappa shape index (κ2) is 7.25. The zero-order valence-corrected chi connectivity index (χ0v) is 13.0. The van der Waals surface area contributed by atoms with E-state index in [4.69, 9.17) is 0 Å². The van der Waals surface area contributed by atoms with Gasteiger partial charge in [-0.05, 0) is 51.1 Å². The average molecular weight is 279 g/mol. The fourth-order valence-electron chi connectivity index (χ4n) is 2.64. The van der Waals surface area contributed by atoms with Crippen molar-refractivity contribution in [3.8, 4) is 0 Å². The molecular weight excluding hydrogens is 254 g/mol. The molecule has 2 rings (SSSR count). The molecule has 0 aromatic carbocycles. The molecule has 1 heterocycles. The Morgan fingerprint density at radius 1 is 1.42 bits per heavy atom. The molecule has 1 aromatic heterocycles. The monoisotopic (exact) mass is 279 g/mol. The van der Waals surface area contributed by atoms with Crippen LogP contribution in [0.25, 0.3) is 0 Å². The van der Waals surface area contributed by atoms with Gasteiger partial charge in [0.1, 0.15) is 0 Å². The lowest BCUT2D eigenvalue weighted by Gasteiger charge is -2.34. The second-order valence-corrected chi connectivity index (χ2v) is 6.82. The number of aryl methyl sites for hydroxylation is 1. The Labute approximate surface area is 121 Å². The molecule has 3 atom stereocenters. The Bertz CT molecular complexity index is 395. The predicted molar refractivity (Wildman–Crippen MR) is 81.5 cm³/mol. The Hall–Kier alpha value is -0.610. The molecule has 0 spiro atoms. The first-order valence-electron chi connectivity index (χ1n) is 7.38. The van der Waals surface area contributed by atoms with Crippen molar-refractivity contribution in [2.24, 2.45) is 5.92 Å². The van der Waals surface area contributed by atoms with Crippen LogP contribution < -0.4 is 5.32 Å². The third kappa shape index (κ3) is 4.46. The SMILES string of the molecule is CCCNC1CCC(C)CC1Sc1nccc(C)n1. The number of hydrogen-bond acceptors (Lipinski definition) is 4. The van der Waals surface area contributed by atoms with E-state index in [1.165, 1.54) is 25.7 Å². The van der Waals surface area contributed by atoms with Gasteiger partial charge in [-0.15, -0.1) is 0 Å². The number of nitrogens with one attached hydrogen (secondary N) is 1. The van der Waals surface area contributed by atoms with Crippen molar-refractivity contribution in [2.75, 3.05) is 6.54 Å². The molecule has 1 aliphatic rings. The Morgan fingerprint density at radius 2 is 2.26 bits per heavy atom. The van der Waals surface area contributed by atoms with E-state index in [-0.39, 0.29) is 0 Å². The summed E-state index contributed by atoms with van der Waals surface area (Å²) < 4.78 is 0. The molecule has 1 saturated carbocycles. The second-order valence-electron chi connectivity index (χ2n) is 5.62. The third-order valence-electron chi connectivity index (χ3n) is 3.74. The van der Waals surface area contributed by atoms with Crippen LogP contribution in [0.15, 0.2) is 17.4 Å². The van der Waals surface area contributed by atoms with E-state index in [0.717, 1.165) is 23.3 Å². The fourth-order valence-corrected chi connectivity index (χ4v) is 4.05. The van der Waals surface area contributed by atoms with Gasteiger partial charge in [0.05, 0.1) is 0 Å². The molecule has 0 amide bonds. The van der Waals surface area contributed by atoms with E-state index in [0.29, 0.717) is 11.3 Å². The first-order valence-corrected chi connectivity index (χ1v) is 8.26. The highest BCUT2D eigenvalue weighted by Crippen LogP contribution is 2.35. The molecule has 1 aliphatic carbocycles. The van der Waals surface area contributed by atoms with Crippen LogP contribution in [0.2, 0.25) is 0 Å². The zero-order chi connectivity index (χ0) is 13.7. The molecular formula is C15H25N3S. The van der Waals surface area contributed by atoms with Gasteiger partial charge in [-0.2, -0.15) is 0 Å². The first-order chi connectivity index (χ1) is 9.19. The summed E-state index contributed by atoms with van der Waals surface area (Å²) in [4.78, 5) is 8.93. The predicted octanol–water partition coefficient (Wildman–Crippen LogP) is 3.43. The summed E-state index contributed by atoms with van der Waals surface area (Å²) >= 11 is 1.86. The fraction of sp³-hybridized carbons (Fsp3) is 0.733. The van der Waals surface area contributed by atoms with Gasteiger partial charge in [0.2, 0.25) is 0 Å². The van der Waals surface area contributed by atoms with Gasteiger partial charge >= 0.3 is 0 Å². The third-order valence-corrected chi connectivity index (χ3v) is 4.97. The lowest BCUT2D eigenvalue weighted by molar-refractivity contribution is 0.317. The van der Waals surface area contributed by atoms with Crippen LogP contribution in [0.3, 0.4) is 0 Å². The van der Waals surface area contributed by atoms with Crippen LogP contribution in [0, 0.1) is 12.8 Å². The molecule has 0 bridgehead atoms. The molecule has 0 saturated heterocycles. The minimum atomic E-state index is 0.608. The average Bonchev–Trinajstić information content (AvgIpc) is 2.38. The molecule has 19 heavy (non-hydrogen) atoms. The first kappa shape index (κ1) is 14.8. The molecule has 3 unspecified atom stereocenters. The van der Waals surface area contributed by atoms with E-state index in [2.05, 4.69) is 29.1 Å². The van der Waals surface area contributed by atoms with Crippen LogP contribution in [0.5, 0.6) is 0 Å².